The van der Waals surface area contributed by atoms with Crippen LogP contribution in [0, 0.1) is 5.82 Å². The smallest absolute Gasteiger partial charge is 0.233 e. The molecule has 0 spiro atoms. The number of thioether (sulfide) groups is 1. The van der Waals surface area contributed by atoms with Gasteiger partial charge in [-0.2, -0.15) is 0 Å². The van der Waals surface area contributed by atoms with Gasteiger partial charge in [0.25, 0.3) is 0 Å². The number of carbonyl (C=O) groups is 1. The maximum absolute atomic E-state index is 13.0. The van der Waals surface area contributed by atoms with Crippen LogP contribution in [0.4, 0.5) is 4.39 Å². The van der Waals surface area contributed by atoms with E-state index in [2.05, 4.69) is 10.1 Å². The van der Waals surface area contributed by atoms with Crippen LogP contribution < -0.4 is 0 Å². The van der Waals surface area contributed by atoms with E-state index in [0.717, 1.165) is 11.3 Å². The van der Waals surface area contributed by atoms with E-state index in [-0.39, 0.29) is 23.5 Å². The first-order valence-corrected chi connectivity index (χ1v) is 9.14. The van der Waals surface area contributed by atoms with Gasteiger partial charge >= 0.3 is 0 Å². The van der Waals surface area contributed by atoms with Crippen LogP contribution in [0.1, 0.15) is 18.5 Å². The van der Waals surface area contributed by atoms with Gasteiger partial charge in [0.1, 0.15) is 12.1 Å². The lowest BCUT2D eigenvalue weighted by molar-refractivity contribution is -0.128. The van der Waals surface area contributed by atoms with Crippen LogP contribution in [0.15, 0.2) is 66.1 Å². The summed E-state index contributed by atoms with van der Waals surface area (Å²) in [6.07, 6.45) is 1.63. The van der Waals surface area contributed by atoms with Gasteiger partial charge < -0.3 is 4.90 Å². The molecule has 0 aliphatic carbocycles. The summed E-state index contributed by atoms with van der Waals surface area (Å²) in [5.41, 5.74) is 1.80. The highest BCUT2D eigenvalue weighted by molar-refractivity contribution is 7.99. The third-order valence-corrected chi connectivity index (χ3v) is 4.98. The van der Waals surface area contributed by atoms with Crippen LogP contribution in [0.25, 0.3) is 5.69 Å². The molecule has 2 aromatic carbocycles. The van der Waals surface area contributed by atoms with E-state index < -0.39 is 0 Å². The molecule has 1 amide bonds. The molecule has 1 aromatic heterocycles. The largest absolute Gasteiger partial charge is 0.338 e. The van der Waals surface area contributed by atoms with E-state index in [1.54, 1.807) is 35.1 Å². The van der Waals surface area contributed by atoms with Crippen LogP contribution in [0.5, 0.6) is 0 Å². The lowest BCUT2D eigenvalue weighted by atomic mass is 10.1. The molecule has 0 saturated heterocycles. The molecule has 1 heterocycles. The Kier molecular flexibility index (Phi) is 5.68. The van der Waals surface area contributed by atoms with Crippen molar-refractivity contribution in [3.8, 4) is 5.69 Å². The topological polar surface area (TPSA) is 51.0 Å². The number of hydrogen-bond donors (Lipinski definition) is 0. The first kappa shape index (κ1) is 18.1. The normalized spacial score (nSPS) is 12.0. The van der Waals surface area contributed by atoms with E-state index in [4.69, 9.17) is 0 Å². The summed E-state index contributed by atoms with van der Waals surface area (Å²) in [7, 11) is 1.74. The SMILES string of the molecule is CC(c1ccc(F)cc1)N(C)C(=O)CSc1ncn(-c2ccccc2)n1. The van der Waals surface area contributed by atoms with E-state index in [9.17, 15) is 9.18 Å². The van der Waals surface area contributed by atoms with Crippen molar-refractivity contribution in [2.75, 3.05) is 12.8 Å². The zero-order valence-electron chi connectivity index (χ0n) is 14.5. The molecule has 1 unspecified atom stereocenters. The number of hydrogen-bond acceptors (Lipinski definition) is 4. The Hall–Kier alpha value is -2.67. The van der Waals surface area contributed by atoms with Crippen LogP contribution in [0.3, 0.4) is 0 Å². The maximum atomic E-state index is 13.0. The molecule has 0 aliphatic heterocycles. The summed E-state index contributed by atoms with van der Waals surface area (Å²) in [6.45, 7) is 1.91. The van der Waals surface area contributed by atoms with Crippen molar-refractivity contribution < 1.29 is 9.18 Å². The number of aromatic nitrogens is 3. The first-order chi connectivity index (χ1) is 12.5. The number of nitrogens with zero attached hydrogens (tertiary/aromatic N) is 4. The summed E-state index contributed by atoms with van der Waals surface area (Å²) in [6, 6.07) is 15.7. The molecule has 5 nitrogen and oxygen atoms in total. The monoisotopic (exact) mass is 370 g/mol. The zero-order valence-corrected chi connectivity index (χ0v) is 15.4. The van der Waals surface area contributed by atoms with E-state index in [1.165, 1.54) is 23.9 Å². The van der Waals surface area contributed by atoms with Gasteiger partial charge in [0.2, 0.25) is 11.1 Å². The summed E-state index contributed by atoms with van der Waals surface area (Å²) in [5, 5.41) is 4.93. The van der Waals surface area contributed by atoms with E-state index >= 15 is 0 Å². The average Bonchev–Trinajstić information content (AvgIpc) is 3.15. The second kappa shape index (κ2) is 8.14. The number of para-hydroxylation sites is 1. The molecule has 3 rings (SSSR count). The fourth-order valence-electron chi connectivity index (χ4n) is 2.43. The summed E-state index contributed by atoms with van der Waals surface area (Å²) in [4.78, 5) is 18.3. The molecule has 0 aliphatic rings. The molecule has 1 atom stereocenters. The lowest BCUT2D eigenvalue weighted by Crippen LogP contribution is -2.31. The first-order valence-electron chi connectivity index (χ1n) is 8.15. The van der Waals surface area contributed by atoms with Crippen molar-refractivity contribution in [1.29, 1.82) is 0 Å². The third-order valence-electron chi connectivity index (χ3n) is 4.14. The van der Waals surface area contributed by atoms with Gasteiger partial charge in [0.15, 0.2) is 0 Å². The predicted octanol–water partition coefficient (Wildman–Crippen LogP) is 3.72. The average molecular weight is 370 g/mol. The standard InChI is InChI=1S/C19H19FN4OS/c1-14(15-8-10-16(20)11-9-15)23(2)18(25)12-26-19-21-13-24(22-19)17-6-4-3-5-7-17/h3-11,13-14H,12H2,1-2H3. The quantitative estimate of drug-likeness (QED) is 0.621. The molecule has 0 N–H and O–H groups in total. The predicted molar refractivity (Wildman–Crippen MR) is 99.7 cm³/mol. The fourth-order valence-corrected chi connectivity index (χ4v) is 3.15. The summed E-state index contributed by atoms with van der Waals surface area (Å²) in [5.74, 6) is -0.0886. The van der Waals surface area contributed by atoms with Gasteiger partial charge in [0.05, 0.1) is 17.5 Å². The maximum Gasteiger partial charge on any atom is 0.233 e. The Balaban J connectivity index is 1.58. The Labute approximate surface area is 155 Å². The second-order valence-corrected chi connectivity index (χ2v) is 6.77. The van der Waals surface area contributed by atoms with Gasteiger partial charge in [-0.05, 0) is 36.8 Å². The molecule has 0 radical (unpaired) electrons. The molecule has 3 aromatic rings. The lowest BCUT2D eigenvalue weighted by Gasteiger charge is -2.25. The number of rotatable bonds is 6. The molecule has 134 valence electrons. The van der Waals surface area contributed by atoms with E-state index in [0.29, 0.717) is 5.16 Å². The molecule has 7 heteroatoms. The minimum Gasteiger partial charge on any atom is -0.338 e. The zero-order chi connectivity index (χ0) is 18.5. The van der Waals surface area contributed by atoms with Crippen molar-refractivity contribution in [3.05, 3.63) is 72.3 Å². The Morgan fingerprint density at radius 3 is 2.58 bits per heavy atom. The molecular formula is C19H19FN4OS. The number of benzene rings is 2. The van der Waals surface area contributed by atoms with Crippen LogP contribution in [0.2, 0.25) is 0 Å². The minimum atomic E-state index is -0.287. The third kappa shape index (κ3) is 4.29. The van der Waals surface area contributed by atoms with Gasteiger partial charge in [-0.25, -0.2) is 14.1 Å². The molecule has 26 heavy (non-hydrogen) atoms. The number of halogens is 1. The van der Waals surface area contributed by atoms with Crippen LogP contribution >= 0.6 is 11.8 Å². The van der Waals surface area contributed by atoms with E-state index in [1.807, 2.05) is 37.3 Å². The molecule has 0 saturated carbocycles. The van der Waals surface area contributed by atoms with Gasteiger partial charge in [0, 0.05) is 7.05 Å². The van der Waals surface area contributed by atoms with Crippen molar-refractivity contribution >= 4 is 17.7 Å². The summed E-state index contributed by atoms with van der Waals surface area (Å²) < 4.78 is 14.7. The van der Waals surface area contributed by atoms with Crippen LogP contribution in [-0.4, -0.2) is 38.4 Å². The molecular weight excluding hydrogens is 351 g/mol. The van der Waals surface area contributed by atoms with Gasteiger partial charge in [-0.1, -0.05) is 42.1 Å². The van der Waals surface area contributed by atoms with Crippen molar-refractivity contribution in [2.45, 2.75) is 18.1 Å². The second-order valence-electron chi connectivity index (χ2n) is 5.83. The van der Waals surface area contributed by atoms with Gasteiger partial charge in [-0.3, -0.25) is 4.79 Å². The van der Waals surface area contributed by atoms with Crippen molar-refractivity contribution in [1.82, 2.24) is 19.7 Å². The summed E-state index contributed by atoms with van der Waals surface area (Å²) >= 11 is 1.29. The number of carbonyl (C=O) groups excluding carboxylic acids is 1. The molecule has 0 bridgehead atoms. The van der Waals surface area contributed by atoms with Crippen molar-refractivity contribution in [2.24, 2.45) is 0 Å². The van der Waals surface area contributed by atoms with Crippen molar-refractivity contribution in [3.63, 3.8) is 0 Å². The minimum absolute atomic E-state index is 0.0390. The highest BCUT2D eigenvalue weighted by Crippen LogP contribution is 2.21. The Morgan fingerprint density at radius 1 is 1.19 bits per heavy atom. The fraction of sp³-hybridized carbons (Fsp3) is 0.211. The van der Waals surface area contributed by atoms with Gasteiger partial charge in [-0.15, -0.1) is 5.10 Å². The van der Waals surface area contributed by atoms with Crippen LogP contribution in [-0.2, 0) is 4.79 Å². The molecule has 0 fully saturated rings. The number of amides is 1. The highest BCUT2D eigenvalue weighted by Gasteiger charge is 2.18. The highest BCUT2D eigenvalue weighted by atomic mass is 32.2. The Morgan fingerprint density at radius 2 is 1.88 bits per heavy atom. The Bertz CT molecular complexity index is 867.